The van der Waals surface area contributed by atoms with E-state index in [1.165, 1.54) is 11.3 Å². The van der Waals surface area contributed by atoms with E-state index in [1.807, 2.05) is 37.4 Å². The number of hydrogen-bond acceptors (Lipinski definition) is 7. The number of benzene rings is 1. The predicted molar refractivity (Wildman–Crippen MR) is 99.1 cm³/mol. The standard InChI is InChI=1S/C18H21N3O5S/c1-3-13-6-4-5-7-14(13)25-10-18(24)26-9-16(23)21-20-15(22)8-17-19-12(2)11-27-17/h4-7,11H,3,8-10H2,1-2H3,(H,20,22)(H,21,23). The first-order chi connectivity index (χ1) is 13.0. The molecule has 2 amide bonds. The predicted octanol–water partition coefficient (Wildman–Crippen LogP) is 1.33. The van der Waals surface area contributed by atoms with Gasteiger partial charge in [0.2, 0.25) is 5.91 Å². The Hall–Kier alpha value is -2.94. The topological polar surface area (TPSA) is 107 Å². The van der Waals surface area contributed by atoms with E-state index in [0.717, 1.165) is 17.7 Å². The average Bonchev–Trinajstić information content (AvgIpc) is 3.07. The fraction of sp³-hybridized carbons (Fsp3) is 0.333. The number of hydrazine groups is 1. The molecule has 2 rings (SSSR count). The lowest BCUT2D eigenvalue weighted by Gasteiger charge is -2.10. The van der Waals surface area contributed by atoms with Crippen LogP contribution in [0.3, 0.4) is 0 Å². The van der Waals surface area contributed by atoms with Crippen LogP contribution in [0.1, 0.15) is 23.2 Å². The van der Waals surface area contributed by atoms with Crippen LogP contribution in [0.25, 0.3) is 0 Å². The maximum absolute atomic E-state index is 11.7. The molecule has 27 heavy (non-hydrogen) atoms. The van der Waals surface area contributed by atoms with Crippen LogP contribution in [-0.2, 0) is 32.0 Å². The molecule has 8 nitrogen and oxygen atoms in total. The number of aromatic nitrogens is 1. The molecule has 0 saturated carbocycles. The van der Waals surface area contributed by atoms with Gasteiger partial charge in [-0.05, 0) is 25.0 Å². The maximum atomic E-state index is 11.7. The van der Waals surface area contributed by atoms with Crippen molar-refractivity contribution < 1.29 is 23.9 Å². The van der Waals surface area contributed by atoms with Crippen LogP contribution in [0.5, 0.6) is 5.75 Å². The summed E-state index contributed by atoms with van der Waals surface area (Å²) >= 11 is 1.36. The Labute approximate surface area is 160 Å². The van der Waals surface area contributed by atoms with E-state index < -0.39 is 24.4 Å². The molecule has 1 aromatic carbocycles. The average molecular weight is 391 g/mol. The largest absolute Gasteiger partial charge is 0.482 e. The van der Waals surface area contributed by atoms with Crippen LogP contribution in [0.15, 0.2) is 29.6 Å². The fourth-order valence-electron chi connectivity index (χ4n) is 2.10. The molecule has 0 aliphatic heterocycles. The molecule has 0 aliphatic carbocycles. The zero-order valence-corrected chi connectivity index (χ0v) is 15.9. The minimum atomic E-state index is -0.680. The molecule has 0 aliphatic rings. The van der Waals surface area contributed by atoms with Crippen molar-refractivity contribution >= 4 is 29.1 Å². The quantitative estimate of drug-likeness (QED) is 0.519. The van der Waals surface area contributed by atoms with Crippen LogP contribution in [0.2, 0.25) is 0 Å². The maximum Gasteiger partial charge on any atom is 0.344 e. The van der Waals surface area contributed by atoms with Gasteiger partial charge in [0, 0.05) is 11.1 Å². The van der Waals surface area contributed by atoms with E-state index in [0.29, 0.717) is 10.8 Å². The first-order valence-corrected chi connectivity index (χ1v) is 9.21. The number of para-hydroxylation sites is 1. The van der Waals surface area contributed by atoms with Gasteiger partial charge in [-0.3, -0.25) is 20.4 Å². The molecule has 1 heterocycles. The smallest absolute Gasteiger partial charge is 0.344 e. The second kappa shape index (κ2) is 10.3. The number of amides is 2. The summed E-state index contributed by atoms with van der Waals surface area (Å²) in [5.41, 5.74) is 6.23. The Kier molecular flexibility index (Phi) is 7.75. The van der Waals surface area contributed by atoms with Gasteiger partial charge in [-0.1, -0.05) is 25.1 Å². The number of aryl methyl sites for hydroxylation is 2. The zero-order chi connectivity index (χ0) is 19.6. The number of carbonyl (C=O) groups is 3. The molecule has 0 radical (unpaired) electrons. The van der Waals surface area contributed by atoms with Crippen LogP contribution >= 0.6 is 11.3 Å². The molecule has 0 unspecified atom stereocenters. The molecule has 0 spiro atoms. The van der Waals surface area contributed by atoms with Gasteiger partial charge in [-0.2, -0.15) is 0 Å². The summed E-state index contributed by atoms with van der Waals surface area (Å²) in [4.78, 5) is 39.2. The number of nitrogens with one attached hydrogen (secondary N) is 2. The number of carbonyl (C=O) groups excluding carboxylic acids is 3. The van der Waals surface area contributed by atoms with E-state index in [9.17, 15) is 14.4 Å². The van der Waals surface area contributed by atoms with Crippen LogP contribution in [0, 0.1) is 6.92 Å². The molecule has 0 atom stereocenters. The third-order valence-electron chi connectivity index (χ3n) is 3.38. The number of rotatable bonds is 8. The van der Waals surface area contributed by atoms with Gasteiger partial charge in [-0.15, -0.1) is 11.3 Å². The minimum absolute atomic E-state index is 0.0588. The molecular weight excluding hydrogens is 370 g/mol. The summed E-state index contributed by atoms with van der Waals surface area (Å²) in [7, 11) is 0. The summed E-state index contributed by atoms with van der Waals surface area (Å²) in [5, 5.41) is 2.48. The third-order valence-corrected chi connectivity index (χ3v) is 4.35. The van der Waals surface area contributed by atoms with Crippen molar-refractivity contribution in [2.75, 3.05) is 13.2 Å². The molecule has 2 aromatic rings. The van der Waals surface area contributed by atoms with Crippen molar-refractivity contribution in [3.05, 3.63) is 45.9 Å². The van der Waals surface area contributed by atoms with E-state index in [-0.39, 0.29) is 13.0 Å². The summed E-state index contributed by atoms with van der Waals surface area (Å²) in [6.45, 7) is 2.99. The second-order valence-electron chi connectivity index (χ2n) is 5.57. The van der Waals surface area contributed by atoms with Crippen molar-refractivity contribution in [3.63, 3.8) is 0 Å². The SMILES string of the molecule is CCc1ccccc1OCC(=O)OCC(=O)NNC(=O)Cc1nc(C)cs1. The Bertz CT molecular complexity index is 806. The zero-order valence-electron chi connectivity index (χ0n) is 15.1. The number of esters is 1. The second-order valence-corrected chi connectivity index (χ2v) is 6.51. The van der Waals surface area contributed by atoms with Crippen LogP contribution < -0.4 is 15.6 Å². The normalized spacial score (nSPS) is 10.1. The summed E-state index contributed by atoms with van der Waals surface area (Å²) in [6.07, 6.45) is 0.830. The van der Waals surface area contributed by atoms with Crippen molar-refractivity contribution in [1.82, 2.24) is 15.8 Å². The summed E-state index contributed by atoms with van der Waals surface area (Å²) < 4.78 is 10.2. The monoisotopic (exact) mass is 391 g/mol. The molecule has 1 aromatic heterocycles. The van der Waals surface area contributed by atoms with Gasteiger partial charge in [0.15, 0.2) is 13.2 Å². The van der Waals surface area contributed by atoms with Crippen molar-refractivity contribution in [2.45, 2.75) is 26.7 Å². The van der Waals surface area contributed by atoms with E-state index in [4.69, 9.17) is 9.47 Å². The Morgan fingerprint density at radius 3 is 2.56 bits per heavy atom. The lowest BCUT2D eigenvalue weighted by atomic mass is 10.1. The van der Waals surface area contributed by atoms with Gasteiger partial charge in [0.1, 0.15) is 10.8 Å². The molecule has 144 valence electrons. The highest BCUT2D eigenvalue weighted by Crippen LogP contribution is 2.18. The van der Waals surface area contributed by atoms with Crippen molar-refractivity contribution in [2.24, 2.45) is 0 Å². The van der Waals surface area contributed by atoms with E-state index in [2.05, 4.69) is 15.8 Å². The Balaban J connectivity index is 1.64. The fourth-order valence-corrected chi connectivity index (χ4v) is 2.87. The highest BCUT2D eigenvalue weighted by atomic mass is 32.1. The molecule has 9 heteroatoms. The lowest BCUT2D eigenvalue weighted by molar-refractivity contribution is -0.150. The molecular formula is C18H21N3O5S. The Morgan fingerprint density at radius 1 is 1.11 bits per heavy atom. The molecule has 2 N–H and O–H groups in total. The molecule has 0 saturated heterocycles. The highest BCUT2D eigenvalue weighted by Gasteiger charge is 2.11. The number of nitrogens with zero attached hydrogens (tertiary/aromatic N) is 1. The van der Waals surface area contributed by atoms with Crippen molar-refractivity contribution in [1.29, 1.82) is 0 Å². The van der Waals surface area contributed by atoms with Gasteiger partial charge >= 0.3 is 5.97 Å². The molecule has 0 fully saturated rings. The van der Waals surface area contributed by atoms with E-state index in [1.54, 1.807) is 6.07 Å². The molecule has 0 bridgehead atoms. The number of thiazole rings is 1. The highest BCUT2D eigenvalue weighted by molar-refractivity contribution is 7.09. The minimum Gasteiger partial charge on any atom is -0.482 e. The van der Waals surface area contributed by atoms with E-state index >= 15 is 0 Å². The van der Waals surface area contributed by atoms with Gasteiger partial charge in [0.05, 0.1) is 6.42 Å². The van der Waals surface area contributed by atoms with Crippen LogP contribution in [0.4, 0.5) is 0 Å². The summed E-state index contributed by atoms with van der Waals surface area (Å²) in [6, 6.07) is 7.36. The van der Waals surface area contributed by atoms with Gasteiger partial charge in [-0.25, -0.2) is 9.78 Å². The first-order valence-electron chi connectivity index (χ1n) is 8.33. The first kappa shape index (κ1) is 20.4. The summed E-state index contributed by atoms with van der Waals surface area (Å²) in [5.74, 6) is -1.14. The third kappa shape index (κ3) is 7.06. The number of ether oxygens (including phenoxy) is 2. The number of hydrogen-bond donors (Lipinski definition) is 2. The Morgan fingerprint density at radius 2 is 1.85 bits per heavy atom. The van der Waals surface area contributed by atoms with Gasteiger partial charge in [0.25, 0.3) is 5.91 Å². The van der Waals surface area contributed by atoms with Crippen molar-refractivity contribution in [3.8, 4) is 5.75 Å². The van der Waals surface area contributed by atoms with Crippen LogP contribution in [-0.4, -0.2) is 36.0 Å². The lowest BCUT2D eigenvalue weighted by Crippen LogP contribution is -2.44. The van der Waals surface area contributed by atoms with Gasteiger partial charge < -0.3 is 9.47 Å².